The molecule has 0 saturated carbocycles. The van der Waals surface area contributed by atoms with Crippen LogP contribution in [-0.2, 0) is 6.42 Å². The van der Waals surface area contributed by atoms with Crippen molar-refractivity contribution in [1.29, 1.82) is 0 Å². The summed E-state index contributed by atoms with van der Waals surface area (Å²) in [6.07, 6.45) is 4.69. The van der Waals surface area contributed by atoms with Gasteiger partial charge in [-0.1, -0.05) is 35.9 Å². The van der Waals surface area contributed by atoms with Crippen LogP contribution in [0.2, 0.25) is 0 Å². The summed E-state index contributed by atoms with van der Waals surface area (Å²) in [6.45, 7) is 4.14. The molecule has 1 heterocycles. The van der Waals surface area contributed by atoms with E-state index in [1.165, 1.54) is 16.7 Å². The van der Waals surface area contributed by atoms with Crippen molar-refractivity contribution < 1.29 is 5.11 Å². The van der Waals surface area contributed by atoms with Crippen LogP contribution >= 0.6 is 0 Å². The molecular formula is C18H21NO. The van der Waals surface area contributed by atoms with Crippen molar-refractivity contribution in [3.05, 3.63) is 64.5 Å². The number of hydrogen-bond donors (Lipinski definition) is 1. The van der Waals surface area contributed by atoms with Gasteiger partial charge < -0.3 is 5.11 Å². The van der Waals surface area contributed by atoms with Gasteiger partial charge in [-0.3, -0.25) is 4.98 Å². The van der Waals surface area contributed by atoms with Gasteiger partial charge in [0.1, 0.15) is 0 Å². The Bertz CT molecular complexity index is 603. The topological polar surface area (TPSA) is 33.1 Å². The lowest BCUT2D eigenvalue weighted by Gasteiger charge is -2.29. The first-order valence-corrected chi connectivity index (χ1v) is 7.35. The van der Waals surface area contributed by atoms with E-state index >= 15 is 0 Å². The second kappa shape index (κ2) is 5.37. The minimum absolute atomic E-state index is 0.127. The van der Waals surface area contributed by atoms with Gasteiger partial charge in [0.2, 0.25) is 0 Å². The molecule has 1 aromatic heterocycles. The molecule has 0 bridgehead atoms. The highest BCUT2D eigenvalue weighted by molar-refractivity contribution is 5.33. The molecule has 0 aliphatic heterocycles. The predicted molar refractivity (Wildman–Crippen MR) is 80.8 cm³/mol. The monoisotopic (exact) mass is 267 g/mol. The molecule has 0 spiro atoms. The summed E-state index contributed by atoms with van der Waals surface area (Å²) in [5.74, 6) is 0.127. The molecule has 0 saturated heterocycles. The third kappa shape index (κ3) is 2.48. The molecule has 0 fully saturated rings. The Labute approximate surface area is 120 Å². The Morgan fingerprint density at radius 3 is 2.65 bits per heavy atom. The van der Waals surface area contributed by atoms with Gasteiger partial charge in [0.05, 0.1) is 6.10 Å². The Kier molecular flexibility index (Phi) is 3.58. The zero-order chi connectivity index (χ0) is 14.1. The Morgan fingerprint density at radius 2 is 1.90 bits per heavy atom. The standard InChI is InChI=1S/C18H21NO/c1-12-6-8-14(9-7-12)18(20)16-5-3-4-15-10-13(2)11-19-17(15)16/h6-11,16,18,20H,3-5H2,1-2H3/t16-,18-/m1/s1. The molecule has 0 radical (unpaired) electrons. The highest BCUT2D eigenvalue weighted by Crippen LogP contribution is 2.39. The molecule has 3 rings (SSSR count). The van der Waals surface area contributed by atoms with Crippen molar-refractivity contribution >= 4 is 0 Å². The lowest BCUT2D eigenvalue weighted by molar-refractivity contribution is 0.134. The van der Waals surface area contributed by atoms with Crippen LogP contribution in [0.1, 0.15) is 52.8 Å². The maximum absolute atomic E-state index is 10.7. The second-order valence-corrected chi connectivity index (χ2v) is 5.91. The van der Waals surface area contributed by atoms with E-state index in [1.807, 2.05) is 18.3 Å². The first kappa shape index (κ1) is 13.3. The molecule has 104 valence electrons. The van der Waals surface area contributed by atoms with Gasteiger partial charge in [-0.2, -0.15) is 0 Å². The fourth-order valence-electron chi connectivity index (χ4n) is 3.13. The second-order valence-electron chi connectivity index (χ2n) is 5.91. The molecule has 20 heavy (non-hydrogen) atoms. The maximum atomic E-state index is 10.7. The lowest BCUT2D eigenvalue weighted by Crippen LogP contribution is -2.19. The number of rotatable bonds is 2. The van der Waals surface area contributed by atoms with E-state index in [2.05, 4.69) is 37.0 Å². The molecule has 0 amide bonds. The molecule has 1 aromatic carbocycles. The van der Waals surface area contributed by atoms with Crippen molar-refractivity contribution in [2.75, 3.05) is 0 Å². The molecular weight excluding hydrogens is 246 g/mol. The summed E-state index contributed by atoms with van der Waals surface area (Å²) in [5, 5.41) is 10.7. The number of nitrogens with zero attached hydrogens (tertiary/aromatic N) is 1. The smallest absolute Gasteiger partial charge is 0.0873 e. The minimum atomic E-state index is -0.454. The summed E-state index contributed by atoms with van der Waals surface area (Å²) >= 11 is 0. The summed E-state index contributed by atoms with van der Waals surface area (Å²) in [6, 6.07) is 10.4. The van der Waals surface area contributed by atoms with Gasteiger partial charge >= 0.3 is 0 Å². The number of hydrogen-bond acceptors (Lipinski definition) is 2. The first-order valence-electron chi connectivity index (χ1n) is 7.35. The largest absolute Gasteiger partial charge is 0.388 e. The fourth-order valence-corrected chi connectivity index (χ4v) is 3.13. The summed E-state index contributed by atoms with van der Waals surface area (Å²) < 4.78 is 0. The van der Waals surface area contributed by atoms with Crippen molar-refractivity contribution in [3.63, 3.8) is 0 Å². The van der Waals surface area contributed by atoms with Crippen LogP contribution < -0.4 is 0 Å². The SMILES string of the molecule is Cc1ccc([C@@H](O)[C@@H]2CCCc3cc(C)cnc32)cc1. The van der Waals surface area contributed by atoms with E-state index in [4.69, 9.17) is 0 Å². The fraction of sp³-hybridized carbons (Fsp3) is 0.389. The highest BCUT2D eigenvalue weighted by Gasteiger charge is 2.28. The van der Waals surface area contributed by atoms with E-state index in [-0.39, 0.29) is 5.92 Å². The summed E-state index contributed by atoms with van der Waals surface area (Å²) in [5.41, 5.74) is 5.83. The van der Waals surface area contributed by atoms with E-state index in [0.29, 0.717) is 0 Å². The van der Waals surface area contributed by atoms with Crippen molar-refractivity contribution in [3.8, 4) is 0 Å². The number of pyridine rings is 1. The first-order chi connectivity index (χ1) is 9.65. The molecule has 2 nitrogen and oxygen atoms in total. The van der Waals surface area contributed by atoms with Crippen LogP contribution in [0.15, 0.2) is 36.5 Å². The number of aliphatic hydroxyl groups excluding tert-OH is 1. The van der Waals surface area contributed by atoms with Crippen molar-refractivity contribution in [2.24, 2.45) is 0 Å². The van der Waals surface area contributed by atoms with Gasteiger partial charge in [0.15, 0.2) is 0 Å². The number of aliphatic hydroxyl groups is 1. The van der Waals surface area contributed by atoms with E-state index in [0.717, 1.165) is 30.5 Å². The summed E-state index contributed by atoms with van der Waals surface area (Å²) in [7, 11) is 0. The van der Waals surface area contributed by atoms with Gasteiger partial charge in [0.25, 0.3) is 0 Å². The average molecular weight is 267 g/mol. The molecule has 0 unspecified atom stereocenters. The number of aryl methyl sites for hydroxylation is 3. The van der Waals surface area contributed by atoms with Crippen LogP contribution in [0.3, 0.4) is 0 Å². The van der Waals surface area contributed by atoms with E-state index < -0.39 is 6.10 Å². The lowest BCUT2D eigenvalue weighted by atomic mass is 9.80. The summed E-state index contributed by atoms with van der Waals surface area (Å²) in [4.78, 5) is 4.60. The molecule has 1 aliphatic carbocycles. The highest BCUT2D eigenvalue weighted by atomic mass is 16.3. The minimum Gasteiger partial charge on any atom is -0.388 e. The Balaban J connectivity index is 1.93. The average Bonchev–Trinajstić information content (AvgIpc) is 2.46. The zero-order valence-corrected chi connectivity index (χ0v) is 12.1. The van der Waals surface area contributed by atoms with Crippen molar-refractivity contribution in [2.45, 2.75) is 45.1 Å². The Hall–Kier alpha value is -1.67. The zero-order valence-electron chi connectivity index (χ0n) is 12.1. The molecule has 2 atom stereocenters. The molecule has 2 aromatic rings. The molecule has 1 N–H and O–H groups in total. The van der Waals surface area contributed by atoms with Crippen LogP contribution in [0.4, 0.5) is 0 Å². The van der Waals surface area contributed by atoms with E-state index in [9.17, 15) is 5.11 Å². The van der Waals surface area contributed by atoms with Gasteiger partial charge in [-0.25, -0.2) is 0 Å². The maximum Gasteiger partial charge on any atom is 0.0873 e. The third-order valence-electron chi connectivity index (χ3n) is 4.25. The van der Waals surface area contributed by atoms with Crippen molar-refractivity contribution in [1.82, 2.24) is 4.98 Å². The van der Waals surface area contributed by atoms with Crippen LogP contribution in [-0.4, -0.2) is 10.1 Å². The molecule has 1 aliphatic rings. The van der Waals surface area contributed by atoms with E-state index in [1.54, 1.807) is 0 Å². The Morgan fingerprint density at radius 1 is 1.15 bits per heavy atom. The van der Waals surface area contributed by atoms with Gasteiger partial charge in [0, 0.05) is 17.8 Å². The number of aromatic nitrogens is 1. The van der Waals surface area contributed by atoms with Gasteiger partial charge in [-0.15, -0.1) is 0 Å². The van der Waals surface area contributed by atoms with Crippen LogP contribution in [0.5, 0.6) is 0 Å². The molecule has 2 heteroatoms. The quantitative estimate of drug-likeness (QED) is 0.896. The normalized spacial score (nSPS) is 19.4. The van der Waals surface area contributed by atoms with Crippen LogP contribution in [0, 0.1) is 13.8 Å². The van der Waals surface area contributed by atoms with Gasteiger partial charge in [-0.05, 0) is 49.8 Å². The third-order valence-corrected chi connectivity index (χ3v) is 4.25. The number of benzene rings is 1. The van der Waals surface area contributed by atoms with Crippen LogP contribution in [0.25, 0.3) is 0 Å². The predicted octanol–water partition coefficient (Wildman–Crippen LogP) is 3.85. The number of fused-ring (bicyclic) bond motifs is 1.